The Morgan fingerprint density at radius 2 is 1.96 bits per heavy atom. The molecular formula is C18H17N5O3. The predicted octanol–water partition coefficient (Wildman–Crippen LogP) is 1.76. The number of fused-ring (bicyclic) bond motifs is 1. The highest BCUT2D eigenvalue weighted by Gasteiger charge is 2.06. The minimum absolute atomic E-state index is 0.228. The molecule has 0 atom stereocenters. The van der Waals surface area contributed by atoms with Gasteiger partial charge in [-0.2, -0.15) is 5.10 Å². The highest BCUT2D eigenvalue weighted by molar-refractivity contribution is 5.90. The zero-order valence-electron chi connectivity index (χ0n) is 14.1. The second-order valence-electron chi connectivity index (χ2n) is 5.46. The zero-order valence-corrected chi connectivity index (χ0v) is 14.1. The van der Waals surface area contributed by atoms with Gasteiger partial charge in [0.05, 0.1) is 30.9 Å². The van der Waals surface area contributed by atoms with Crippen molar-refractivity contribution >= 4 is 29.1 Å². The highest BCUT2D eigenvalue weighted by Crippen LogP contribution is 2.09. The number of esters is 1. The van der Waals surface area contributed by atoms with Crippen LogP contribution in [0.15, 0.2) is 53.6 Å². The summed E-state index contributed by atoms with van der Waals surface area (Å²) in [6.07, 6.45) is 1.73. The SMILES string of the molecule is COC(=O)c1ccc(/C=N\NC(=O)CCn2nnc3ccccc32)cc1. The van der Waals surface area contributed by atoms with Crippen molar-refractivity contribution < 1.29 is 14.3 Å². The van der Waals surface area contributed by atoms with E-state index in [0.29, 0.717) is 12.1 Å². The summed E-state index contributed by atoms with van der Waals surface area (Å²) in [6.45, 7) is 0.412. The van der Waals surface area contributed by atoms with Gasteiger partial charge >= 0.3 is 5.97 Å². The molecule has 8 heteroatoms. The van der Waals surface area contributed by atoms with Crippen molar-refractivity contribution in [2.45, 2.75) is 13.0 Å². The molecular weight excluding hydrogens is 334 g/mol. The molecule has 0 aliphatic heterocycles. The first-order valence-corrected chi connectivity index (χ1v) is 7.96. The van der Waals surface area contributed by atoms with Gasteiger partial charge in [-0.1, -0.05) is 29.5 Å². The monoisotopic (exact) mass is 351 g/mol. The van der Waals surface area contributed by atoms with Crippen LogP contribution in [0.1, 0.15) is 22.3 Å². The molecule has 0 aliphatic rings. The topological polar surface area (TPSA) is 98.5 Å². The Labute approximate surface area is 149 Å². The minimum atomic E-state index is -0.401. The number of benzene rings is 2. The molecule has 3 aromatic rings. The molecule has 8 nitrogen and oxygen atoms in total. The normalized spacial score (nSPS) is 11.0. The molecule has 1 N–H and O–H groups in total. The maximum absolute atomic E-state index is 11.9. The van der Waals surface area contributed by atoms with Gasteiger partial charge in [-0.25, -0.2) is 14.9 Å². The molecule has 132 valence electrons. The van der Waals surface area contributed by atoms with Gasteiger partial charge in [0.1, 0.15) is 5.52 Å². The second kappa shape index (κ2) is 8.02. The van der Waals surface area contributed by atoms with Crippen LogP contribution in [0.3, 0.4) is 0 Å². The van der Waals surface area contributed by atoms with E-state index in [1.165, 1.54) is 13.3 Å². The number of para-hydroxylation sites is 1. The first-order chi connectivity index (χ1) is 12.7. The van der Waals surface area contributed by atoms with E-state index in [4.69, 9.17) is 0 Å². The van der Waals surface area contributed by atoms with Crippen molar-refractivity contribution in [2.75, 3.05) is 7.11 Å². The number of ether oxygens (including phenoxy) is 1. The Bertz CT molecular complexity index is 947. The number of carbonyl (C=O) groups excluding carboxylic acids is 2. The molecule has 1 heterocycles. The Kier molecular flexibility index (Phi) is 5.33. The lowest BCUT2D eigenvalue weighted by molar-refractivity contribution is -0.121. The molecule has 0 saturated carbocycles. The molecule has 0 fully saturated rings. The average molecular weight is 351 g/mol. The Morgan fingerprint density at radius 3 is 2.73 bits per heavy atom. The number of rotatable bonds is 6. The smallest absolute Gasteiger partial charge is 0.337 e. The van der Waals surface area contributed by atoms with Gasteiger partial charge in [0.15, 0.2) is 0 Å². The molecule has 0 spiro atoms. The van der Waals surface area contributed by atoms with Crippen molar-refractivity contribution in [3.63, 3.8) is 0 Å². The van der Waals surface area contributed by atoms with Crippen LogP contribution in [-0.4, -0.2) is 40.2 Å². The maximum atomic E-state index is 11.9. The standard InChI is InChI=1S/C18H17N5O3/c1-26-18(25)14-8-6-13(7-9-14)12-19-21-17(24)10-11-23-16-5-3-2-4-15(16)20-22-23/h2-9,12H,10-11H2,1H3,(H,21,24)/b19-12-. The first-order valence-electron chi connectivity index (χ1n) is 7.96. The third-order valence-corrected chi connectivity index (χ3v) is 3.71. The molecule has 0 aliphatic carbocycles. The van der Waals surface area contributed by atoms with E-state index in [1.807, 2.05) is 24.3 Å². The Hall–Kier alpha value is -3.55. The summed E-state index contributed by atoms with van der Waals surface area (Å²) in [7, 11) is 1.33. The maximum Gasteiger partial charge on any atom is 0.337 e. The second-order valence-corrected chi connectivity index (χ2v) is 5.46. The lowest BCUT2D eigenvalue weighted by Gasteiger charge is -2.02. The number of nitrogens with one attached hydrogen (secondary N) is 1. The number of nitrogens with zero attached hydrogens (tertiary/aromatic N) is 4. The van der Waals surface area contributed by atoms with Crippen LogP contribution >= 0.6 is 0 Å². The average Bonchev–Trinajstić information content (AvgIpc) is 3.09. The van der Waals surface area contributed by atoms with Crippen LogP contribution in [0, 0.1) is 0 Å². The summed E-state index contributed by atoms with van der Waals surface area (Å²) in [6, 6.07) is 14.2. The van der Waals surface area contributed by atoms with E-state index >= 15 is 0 Å². The van der Waals surface area contributed by atoms with Crippen molar-refractivity contribution in [2.24, 2.45) is 5.10 Å². The van der Waals surface area contributed by atoms with Gasteiger partial charge in [0, 0.05) is 6.42 Å². The van der Waals surface area contributed by atoms with Gasteiger partial charge in [-0.15, -0.1) is 5.10 Å². The molecule has 26 heavy (non-hydrogen) atoms. The number of hydrazone groups is 1. The number of aryl methyl sites for hydroxylation is 1. The van der Waals surface area contributed by atoms with Crippen LogP contribution in [0.2, 0.25) is 0 Å². The number of amides is 1. The summed E-state index contributed by atoms with van der Waals surface area (Å²) >= 11 is 0. The van der Waals surface area contributed by atoms with Crippen molar-refractivity contribution in [1.82, 2.24) is 20.4 Å². The minimum Gasteiger partial charge on any atom is -0.465 e. The third-order valence-electron chi connectivity index (χ3n) is 3.71. The fourth-order valence-corrected chi connectivity index (χ4v) is 2.35. The summed E-state index contributed by atoms with van der Waals surface area (Å²) < 4.78 is 6.32. The van der Waals surface area contributed by atoms with Gasteiger partial charge in [0.2, 0.25) is 5.91 Å². The van der Waals surface area contributed by atoms with Gasteiger partial charge in [-0.3, -0.25) is 4.79 Å². The summed E-state index contributed by atoms with van der Waals surface area (Å²) in [4.78, 5) is 23.3. The largest absolute Gasteiger partial charge is 0.465 e. The Morgan fingerprint density at radius 1 is 1.19 bits per heavy atom. The quantitative estimate of drug-likeness (QED) is 0.414. The van der Waals surface area contributed by atoms with Crippen LogP contribution in [0.5, 0.6) is 0 Å². The fraction of sp³-hybridized carbons (Fsp3) is 0.167. The Balaban J connectivity index is 1.50. The summed E-state index contributed by atoms with van der Waals surface area (Å²) in [5.41, 5.74) is 5.35. The number of aromatic nitrogens is 3. The van der Waals surface area contributed by atoms with E-state index in [-0.39, 0.29) is 12.3 Å². The number of methoxy groups -OCH3 is 1. The number of carbonyl (C=O) groups is 2. The molecule has 2 aromatic carbocycles. The molecule has 0 unspecified atom stereocenters. The van der Waals surface area contributed by atoms with Crippen molar-refractivity contribution in [1.29, 1.82) is 0 Å². The van der Waals surface area contributed by atoms with Crippen molar-refractivity contribution in [3.05, 3.63) is 59.7 Å². The molecule has 0 radical (unpaired) electrons. The lowest BCUT2D eigenvalue weighted by atomic mass is 10.1. The number of hydrogen-bond donors (Lipinski definition) is 1. The molecule has 0 saturated heterocycles. The molecule has 3 rings (SSSR count). The van der Waals surface area contributed by atoms with Crippen molar-refractivity contribution in [3.8, 4) is 0 Å². The lowest BCUT2D eigenvalue weighted by Crippen LogP contribution is -2.19. The van der Waals surface area contributed by atoms with E-state index in [1.54, 1.807) is 28.9 Å². The van der Waals surface area contributed by atoms with Crippen LogP contribution < -0.4 is 5.43 Å². The van der Waals surface area contributed by atoms with E-state index in [0.717, 1.165) is 16.6 Å². The number of hydrogen-bond acceptors (Lipinski definition) is 6. The van der Waals surface area contributed by atoms with E-state index in [2.05, 4.69) is 25.6 Å². The van der Waals surface area contributed by atoms with Crippen LogP contribution in [0.4, 0.5) is 0 Å². The third kappa shape index (κ3) is 4.10. The fourth-order valence-electron chi connectivity index (χ4n) is 2.35. The van der Waals surface area contributed by atoms with E-state index < -0.39 is 5.97 Å². The summed E-state index contributed by atoms with van der Waals surface area (Å²) in [5, 5.41) is 12.0. The molecule has 1 aromatic heterocycles. The molecule has 0 bridgehead atoms. The predicted molar refractivity (Wildman–Crippen MR) is 95.7 cm³/mol. The van der Waals surface area contributed by atoms with Crippen LogP contribution in [-0.2, 0) is 16.1 Å². The zero-order chi connectivity index (χ0) is 18.4. The van der Waals surface area contributed by atoms with Gasteiger partial charge in [-0.05, 0) is 29.8 Å². The van der Waals surface area contributed by atoms with Gasteiger partial charge in [0.25, 0.3) is 0 Å². The summed E-state index contributed by atoms with van der Waals surface area (Å²) in [5.74, 6) is -0.630. The molecule has 1 amide bonds. The van der Waals surface area contributed by atoms with Crippen LogP contribution in [0.25, 0.3) is 11.0 Å². The highest BCUT2D eigenvalue weighted by atomic mass is 16.5. The first kappa shape index (κ1) is 17.3. The van der Waals surface area contributed by atoms with Gasteiger partial charge < -0.3 is 4.74 Å². The van der Waals surface area contributed by atoms with E-state index in [9.17, 15) is 9.59 Å².